The Labute approximate surface area is 405 Å². The summed E-state index contributed by atoms with van der Waals surface area (Å²) >= 11 is 0. The number of esters is 2. The lowest BCUT2D eigenvalue weighted by molar-refractivity contribution is -0.870. The van der Waals surface area contributed by atoms with Crippen LogP contribution in [0.2, 0.25) is 0 Å². The van der Waals surface area contributed by atoms with Crippen molar-refractivity contribution in [3.63, 3.8) is 0 Å². The molecule has 0 aromatic rings. The van der Waals surface area contributed by atoms with Crippen molar-refractivity contribution in [3.8, 4) is 0 Å². The minimum atomic E-state index is -4.39. The van der Waals surface area contributed by atoms with Gasteiger partial charge in [0.25, 0.3) is 0 Å². The largest absolute Gasteiger partial charge is 0.472 e. The second-order valence-corrected chi connectivity index (χ2v) is 20.0. The molecule has 1 N–H and O–H groups in total. The molecular weight excluding hydrogens is 846 g/mol. The molecule has 0 radical (unpaired) electrons. The number of hydrogen-bond acceptors (Lipinski definition) is 7. The highest BCUT2D eigenvalue weighted by molar-refractivity contribution is 7.47. The number of carbonyl (C=O) groups is 2. The van der Waals surface area contributed by atoms with E-state index in [2.05, 4.69) is 98.9 Å². The smallest absolute Gasteiger partial charge is 0.462 e. The van der Waals surface area contributed by atoms with Crippen molar-refractivity contribution in [2.24, 2.45) is 0 Å². The minimum Gasteiger partial charge on any atom is -0.462 e. The number of rotatable bonds is 47. The number of allylic oxidation sites excluding steroid dienone is 14. The standard InChI is InChI=1S/C56H98NO8P/c1-6-8-10-12-14-16-18-20-22-23-24-25-26-27-28-29-30-31-32-33-35-37-39-41-43-45-47-49-56(59)65-54(53-64-66(60,61)63-51-50-57(3,4)5)52-62-55(58)48-46-44-42-40-38-36-34-21-19-17-15-13-11-9-7-2/h8,10,14,16,20-22,24-25,27-28,30-31,34,54H,6-7,9,11-13,15,17-19,23,26,29,32-33,35-53H2,1-5H3/p+1/b10-8-,16-14-,22-20-,25-24-,28-27-,31-30-,34-21-. The zero-order chi connectivity index (χ0) is 48.5. The summed E-state index contributed by atoms with van der Waals surface area (Å²) in [5.41, 5.74) is 0. The lowest BCUT2D eigenvalue weighted by atomic mass is 10.1. The third kappa shape index (κ3) is 50.6. The molecule has 0 amide bonds. The summed E-state index contributed by atoms with van der Waals surface area (Å²) in [4.78, 5) is 35.6. The van der Waals surface area contributed by atoms with Gasteiger partial charge in [0.05, 0.1) is 27.7 Å². The molecule has 10 heteroatoms. The maximum absolute atomic E-state index is 12.8. The molecule has 0 aromatic heterocycles. The number of likely N-dealkylation sites (N-methyl/N-ethyl adjacent to an activating group) is 1. The Morgan fingerprint density at radius 2 is 0.864 bits per heavy atom. The van der Waals surface area contributed by atoms with Crippen LogP contribution in [0.4, 0.5) is 0 Å². The Balaban J connectivity index is 4.26. The van der Waals surface area contributed by atoms with Crippen LogP contribution in [0.3, 0.4) is 0 Å². The summed E-state index contributed by atoms with van der Waals surface area (Å²) in [7, 11) is 1.46. The first-order chi connectivity index (χ1) is 32.0. The van der Waals surface area contributed by atoms with E-state index >= 15 is 0 Å². The zero-order valence-corrected chi connectivity index (χ0v) is 43.8. The molecule has 0 rings (SSSR count). The van der Waals surface area contributed by atoms with Gasteiger partial charge in [-0.2, -0.15) is 0 Å². The number of phosphoric ester groups is 1. The van der Waals surface area contributed by atoms with Crippen LogP contribution in [0.5, 0.6) is 0 Å². The predicted octanol–water partition coefficient (Wildman–Crippen LogP) is 15.9. The van der Waals surface area contributed by atoms with Gasteiger partial charge < -0.3 is 18.9 Å². The number of phosphoric acid groups is 1. The van der Waals surface area contributed by atoms with Gasteiger partial charge in [0.1, 0.15) is 19.8 Å². The molecule has 0 aromatic carbocycles. The van der Waals surface area contributed by atoms with Crippen molar-refractivity contribution >= 4 is 19.8 Å². The van der Waals surface area contributed by atoms with Crippen molar-refractivity contribution in [3.05, 3.63) is 85.1 Å². The first-order valence-corrected chi connectivity index (χ1v) is 27.8. The van der Waals surface area contributed by atoms with Crippen LogP contribution in [-0.4, -0.2) is 74.9 Å². The molecule has 0 fully saturated rings. The van der Waals surface area contributed by atoms with Gasteiger partial charge >= 0.3 is 19.8 Å². The molecule has 0 aliphatic rings. The molecule has 380 valence electrons. The molecular formula is C56H99NO8P+. The van der Waals surface area contributed by atoms with Crippen LogP contribution in [0, 0.1) is 0 Å². The van der Waals surface area contributed by atoms with Crippen molar-refractivity contribution < 1.29 is 42.1 Å². The second-order valence-electron chi connectivity index (χ2n) is 18.5. The topological polar surface area (TPSA) is 108 Å². The number of nitrogens with zero attached hydrogens (tertiary/aromatic N) is 1. The Morgan fingerprint density at radius 1 is 0.485 bits per heavy atom. The van der Waals surface area contributed by atoms with Crippen LogP contribution in [0.1, 0.15) is 206 Å². The summed E-state index contributed by atoms with van der Waals surface area (Å²) in [5, 5.41) is 0. The molecule has 0 bridgehead atoms. The number of unbranched alkanes of at least 4 members (excludes halogenated alkanes) is 19. The van der Waals surface area contributed by atoms with Gasteiger partial charge in [0.15, 0.2) is 6.10 Å². The van der Waals surface area contributed by atoms with Crippen molar-refractivity contribution in [2.75, 3.05) is 47.5 Å². The number of hydrogen-bond donors (Lipinski definition) is 1. The van der Waals surface area contributed by atoms with E-state index < -0.39 is 26.5 Å². The van der Waals surface area contributed by atoms with Gasteiger partial charge in [-0.15, -0.1) is 0 Å². The van der Waals surface area contributed by atoms with Crippen molar-refractivity contribution in [1.29, 1.82) is 0 Å². The van der Waals surface area contributed by atoms with Crippen LogP contribution in [0.15, 0.2) is 85.1 Å². The monoisotopic (exact) mass is 945 g/mol. The maximum atomic E-state index is 12.8. The fourth-order valence-electron chi connectivity index (χ4n) is 6.84. The van der Waals surface area contributed by atoms with Gasteiger partial charge in [-0.25, -0.2) is 4.57 Å². The van der Waals surface area contributed by atoms with E-state index in [0.717, 1.165) is 103 Å². The predicted molar refractivity (Wildman–Crippen MR) is 279 cm³/mol. The molecule has 66 heavy (non-hydrogen) atoms. The maximum Gasteiger partial charge on any atom is 0.472 e. The molecule has 0 saturated heterocycles. The summed E-state index contributed by atoms with van der Waals surface area (Å²) < 4.78 is 34.4. The molecule has 2 unspecified atom stereocenters. The highest BCUT2D eigenvalue weighted by Crippen LogP contribution is 2.43. The van der Waals surface area contributed by atoms with Crippen molar-refractivity contribution in [1.82, 2.24) is 0 Å². The molecule has 0 aliphatic carbocycles. The van der Waals surface area contributed by atoms with Crippen LogP contribution < -0.4 is 0 Å². The Morgan fingerprint density at radius 3 is 1.30 bits per heavy atom. The molecule has 0 saturated carbocycles. The lowest BCUT2D eigenvalue weighted by Gasteiger charge is -2.24. The van der Waals surface area contributed by atoms with E-state index in [1.165, 1.54) is 70.6 Å². The SMILES string of the molecule is CC/C=C\C/C=C\C/C=C\C/C=C\C/C=C\C/C=C\CCCCCCCCCCC(=O)OC(COC(=O)CCCCCCC/C=C\CCCCCCCC)COP(=O)(O)OCC[N+](C)(C)C. The van der Waals surface area contributed by atoms with Gasteiger partial charge in [0, 0.05) is 12.8 Å². The average molecular weight is 945 g/mol. The number of ether oxygens (including phenoxy) is 2. The van der Waals surface area contributed by atoms with E-state index in [4.69, 9.17) is 18.5 Å². The zero-order valence-electron chi connectivity index (χ0n) is 42.9. The summed E-state index contributed by atoms with van der Waals surface area (Å²) in [6.07, 6.45) is 62.1. The summed E-state index contributed by atoms with van der Waals surface area (Å²) in [6.45, 7) is 4.28. The van der Waals surface area contributed by atoms with Crippen LogP contribution >= 0.6 is 7.82 Å². The Hall–Kier alpha value is -2.81. The summed E-state index contributed by atoms with van der Waals surface area (Å²) in [6, 6.07) is 0. The third-order valence-corrected chi connectivity index (χ3v) is 11.9. The van der Waals surface area contributed by atoms with E-state index in [1.54, 1.807) is 0 Å². The summed E-state index contributed by atoms with van der Waals surface area (Å²) in [5.74, 6) is -0.821. The molecule has 2 atom stereocenters. The number of carbonyl (C=O) groups excluding carboxylic acids is 2. The first kappa shape index (κ1) is 63.2. The number of quaternary nitrogens is 1. The highest BCUT2D eigenvalue weighted by Gasteiger charge is 2.27. The molecule has 0 spiro atoms. The third-order valence-electron chi connectivity index (χ3n) is 10.9. The Kier molecular flexibility index (Phi) is 45.3. The van der Waals surface area contributed by atoms with Crippen molar-refractivity contribution in [2.45, 2.75) is 213 Å². The fraction of sp³-hybridized carbons (Fsp3) is 0.714. The highest BCUT2D eigenvalue weighted by atomic mass is 31.2. The van der Waals surface area contributed by atoms with Crippen LogP contribution in [0.25, 0.3) is 0 Å². The molecule has 0 heterocycles. The lowest BCUT2D eigenvalue weighted by Crippen LogP contribution is -2.37. The van der Waals surface area contributed by atoms with Gasteiger partial charge in [-0.05, 0) is 89.9 Å². The first-order valence-electron chi connectivity index (χ1n) is 26.3. The normalized spacial score (nSPS) is 14.1. The quantitative estimate of drug-likeness (QED) is 0.0211. The van der Waals surface area contributed by atoms with Gasteiger partial charge in [0.2, 0.25) is 0 Å². The van der Waals surface area contributed by atoms with E-state index in [-0.39, 0.29) is 32.0 Å². The van der Waals surface area contributed by atoms with Gasteiger partial charge in [-0.1, -0.05) is 189 Å². The average Bonchev–Trinajstić information content (AvgIpc) is 3.27. The molecule has 9 nitrogen and oxygen atoms in total. The fourth-order valence-corrected chi connectivity index (χ4v) is 7.58. The minimum absolute atomic E-state index is 0.0248. The second kappa shape index (κ2) is 47.3. The van der Waals surface area contributed by atoms with Gasteiger partial charge in [-0.3, -0.25) is 18.6 Å². The van der Waals surface area contributed by atoms with E-state index in [1.807, 2.05) is 21.1 Å². The molecule has 0 aliphatic heterocycles. The van der Waals surface area contributed by atoms with Crippen LogP contribution in [-0.2, 0) is 32.7 Å². The van der Waals surface area contributed by atoms with E-state index in [0.29, 0.717) is 17.4 Å². The van der Waals surface area contributed by atoms with E-state index in [9.17, 15) is 19.0 Å². The Bertz CT molecular complexity index is 1390.